The summed E-state index contributed by atoms with van der Waals surface area (Å²) in [6, 6.07) is 1.78. The molecule has 7 heteroatoms. The molecular formula is C16H18F2N4O. The minimum absolute atomic E-state index is 0.0535. The van der Waals surface area contributed by atoms with E-state index in [4.69, 9.17) is 0 Å². The van der Waals surface area contributed by atoms with Crippen LogP contribution in [0.2, 0.25) is 0 Å². The average Bonchev–Trinajstić information content (AvgIpc) is 2.91. The van der Waals surface area contributed by atoms with Gasteiger partial charge in [0.05, 0.1) is 18.1 Å². The number of carbonyl (C=O) groups is 1. The summed E-state index contributed by atoms with van der Waals surface area (Å²) in [6.07, 6.45) is 5.31. The number of amides is 1. The van der Waals surface area contributed by atoms with Crippen molar-refractivity contribution in [3.63, 3.8) is 0 Å². The number of carbonyl (C=O) groups excluding carboxylic acids is 1. The molecule has 0 spiro atoms. The van der Waals surface area contributed by atoms with E-state index >= 15 is 0 Å². The third-order valence-electron chi connectivity index (χ3n) is 4.20. The van der Waals surface area contributed by atoms with Gasteiger partial charge in [-0.1, -0.05) is 6.58 Å². The summed E-state index contributed by atoms with van der Waals surface area (Å²) in [5, 5.41) is 7.74. The number of fused-ring (bicyclic) bond motifs is 1. The van der Waals surface area contributed by atoms with E-state index in [2.05, 4.69) is 22.0 Å². The van der Waals surface area contributed by atoms with Gasteiger partial charge in [-0.25, -0.2) is 18.4 Å². The monoisotopic (exact) mass is 320 g/mol. The third-order valence-corrected chi connectivity index (χ3v) is 4.20. The molecule has 0 aromatic carbocycles. The van der Waals surface area contributed by atoms with E-state index in [1.54, 1.807) is 23.1 Å². The highest BCUT2D eigenvalue weighted by Gasteiger charge is 2.35. The Morgan fingerprint density at radius 2 is 2.17 bits per heavy atom. The number of hydrogen-bond acceptors (Lipinski definition) is 3. The standard InChI is InChI=1S/C16H18F2N4O/c1-2-14(23)21-13-7-12-8-20-22(15(12)19-9-13)10-11-3-5-16(17,18)6-4-11/h2,7-9,11H,1,3-6,10H2,(H,21,23). The van der Waals surface area contributed by atoms with Crippen molar-refractivity contribution < 1.29 is 13.6 Å². The fraction of sp³-hybridized carbons (Fsp3) is 0.438. The molecule has 1 aliphatic carbocycles. The molecule has 0 bridgehead atoms. The summed E-state index contributed by atoms with van der Waals surface area (Å²) < 4.78 is 28.2. The van der Waals surface area contributed by atoms with Crippen LogP contribution in [0.15, 0.2) is 31.1 Å². The Bertz CT molecular complexity index is 731. The highest BCUT2D eigenvalue weighted by Crippen LogP contribution is 2.36. The van der Waals surface area contributed by atoms with Crippen LogP contribution in [0.4, 0.5) is 14.5 Å². The number of rotatable bonds is 4. The lowest BCUT2D eigenvalue weighted by Crippen LogP contribution is -2.27. The fourth-order valence-corrected chi connectivity index (χ4v) is 2.89. The van der Waals surface area contributed by atoms with Gasteiger partial charge in [0.2, 0.25) is 11.8 Å². The number of anilines is 1. The van der Waals surface area contributed by atoms with Gasteiger partial charge >= 0.3 is 0 Å². The molecule has 2 heterocycles. The van der Waals surface area contributed by atoms with E-state index in [0.29, 0.717) is 30.7 Å². The average molecular weight is 320 g/mol. The van der Waals surface area contributed by atoms with E-state index in [-0.39, 0.29) is 24.7 Å². The summed E-state index contributed by atoms with van der Waals surface area (Å²) in [7, 11) is 0. The second kappa shape index (κ2) is 6.06. The predicted octanol–water partition coefficient (Wildman–Crippen LogP) is 3.38. The van der Waals surface area contributed by atoms with Crippen molar-refractivity contribution in [1.82, 2.24) is 14.8 Å². The smallest absolute Gasteiger partial charge is 0.248 e. The van der Waals surface area contributed by atoms with Crippen LogP contribution in [-0.4, -0.2) is 26.6 Å². The van der Waals surface area contributed by atoms with Crippen molar-refractivity contribution in [3.8, 4) is 0 Å². The zero-order valence-electron chi connectivity index (χ0n) is 12.6. The van der Waals surface area contributed by atoms with Crippen LogP contribution >= 0.6 is 0 Å². The van der Waals surface area contributed by atoms with Crippen molar-refractivity contribution in [3.05, 3.63) is 31.1 Å². The molecule has 0 radical (unpaired) electrons. The van der Waals surface area contributed by atoms with Gasteiger partial charge in [0.1, 0.15) is 0 Å². The van der Waals surface area contributed by atoms with Gasteiger partial charge in [-0.2, -0.15) is 5.10 Å². The molecule has 0 aliphatic heterocycles. The number of alkyl halides is 2. The maximum absolute atomic E-state index is 13.2. The third kappa shape index (κ3) is 3.55. The van der Waals surface area contributed by atoms with Crippen LogP contribution in [0, 0.1) is 5.92 Å². The molecule has 5 nitrogen and oxygen atoms in total. The van der Waals surface area contributed by atoms with Gasteiger partial charge in [0.25, 0.3) is 0 Å². The second-order valence-electron chi connectivity index (χ2n) is 5.96. The Kier molecular flexibility index (Phi) is 4.11. The van der Waals surface area contributed by atoms with Crippen LogP contribution in [0.3, 0.4) is 0 Å². The van der Waals surface area contributed by atoms with Crippen LogP contribution in [0.5, 0.6) is 0 Å². The van der Waals surface area contributed by atoms with Crippen molar-refractivity contribution in [1.29, 1.82) is 0 Å². The zero-order valence-corrected chi connectivity index (χ0v) is 12.6. The molecule has 1 saturated carbocycles. The van der Waals surface area contributed by atoms with Gasteiger partial charge < -0.3 is 5.32 Å². The van der Waals surface area contributed by atoms with Crippen molar-refractivity contribution >= 4 is 22.6 Å². The maximum Gasteiger partial charge on any atom is 0.248 e. The Labute approximate surface area is 132 Å². The molecule has 1 N–H and O–H groups in total. The Morgan fingerprint density at radius 1 is 1.43 bits per heavy atom. The normalized spacial score (nSPS) is 18.0. The molecule has 0 unspecified atom stereocenters. The van der Waals surface area contributed by atoms with E-state index in [1.807, 2.05) is 0 Å². The maximum atomic E-state index is 13.2. The van der Waals surface area contributed by atoms with Gasteiger partial charge in [-0.3, -0.25) is 4.79 Å². The molecule has 2 aromatic rings. The number of aromatic nitrogens is 3. The molecule has 3 rings (SSSR count). The van der Waals surface area contributed by atoms with Crippen molar-refractivity contribution in [2.75, 3.05) is 5.32 Å². The lowest BCUT2D eigenvalue weighted by molar-refractivity contribution is -0.111. The molecule has 0 saturated heterocycles. The summed E-state index contributed by atoms with van der Waals surface area (Å²) >= 11 is 0. The topological polar surface area (TPSA) is 59.8 Å². The molecule has 1 amide bonds. The summed E-state index contributed by atoms with van der Waals surface area (Å²) in [5.74, 6) is -2.62. The van der Waals surface area contributed by atoms with Crippen LogP contribution in [0.25, 0.3) is 11.0 Å². The molecular weight excluding hydrogens is 302 g/mol. The number of hydrogen-bond donors (Lipinski definition) is 1. The molecule has 2 aromatic heterocycles. The summed E-state index contributed by atoms with van der Waals surface area (Å²) in [4.78, 5) is 15.6. The first-order valence-corrected chi connectivity index (χ1v) is 7.60. The van der Waals surface area contributed by atoms with Gasteiger partial charge in [0, 0.05) is 24.8 Å². The zero-order chi connectivity index (χ0) is 16.4. The molecule has 1 aliphatic rings. The Hall–Kier alpha value is -2.31. The van der Waals surface area contributed by atoms with E-state index in [0.717, 1.165) is 5.39 Å². The number of nitrogens with one attached hydrogen (secondary N) is 1. The van der Waals surface area contributed by atoms with Crippen LogP contribution in [0.1, 0.15) is 25.7 Å². The summed E-state index contributed by atoms with van der Waals surface area (Å²) in [6.45, 7) is 3.98. The van der Waals surface area contributed by atoms with Crippen molar-refractivity contribution in [2.45, 2.75) is 38.2 Å². The minimum atomic E-state index is -2.51. The highest BCUT2D eigenvalue weighted by atomic mass is 19.3. The first kappa shape index (κ1) is 15.6. The second-order valence-corrected chi connectivity index (χ2v) is 5.96. The SMILES string of the molecule is C=CC(=O)Nc1cnc2c(cnn2CC2CCC(F)(F)CC2)c1. The van der Waals surface area contributed by atoms with E-state index in [9.17, 15) is 13.6 Å². The first-order valence-electron chi connectivity index (χ1n) is 7.60. The van der Waals surface area contributed by atoms with Crippen LogP contribution < -0.4 is 5.32 Å². The predicted molar refractivity (Wildman–Crippen MR) is 83.3 cm³/mol. The molecule has 23 heavy (non-hydrogen) atoms. The van der Waals surface area contributed by atoms with Gasteiger partial charge in [-0.05, 0) is 30.9 Å². The minimum Gasteiger partial charge on any atom is -0.321 e. The summed E-state index contributed by atoms with van der Waals surface area (Å²) in [5.41, 5.74) is 1.26. The lowest BCUT2D eigenvalue weighted by atomic mass is 9.87. The number of pyridine rings is 1. The van der Waals surface area contributed by atoms with E-state index < -0.39 is 5.92 Å². The largest absolute Gasteiger partial charge is 0.321 e. The van der Waals surface area contributed by atoms with Crippen LogP contribution in [-0.2, 0) is 11.3 Å². The van der Waals surface area contributed by atoms with Gasteiger partial charge in [-0.15, -0.1) is 0 Å². The Morgan fingerprint density at radius 3 is 2.87 bits per heavy atom. The lowest BCUT2D eigenvalue weighted by Gasteiger charge is -2.28. The van der Waals surface area contributed by atoms with Crippen molar-refractivity contribution in [2.24, 2.45) is 5.92 Å². The number of halogens is 2. The molecule has 0 atom stereocenters. The van der Waals surface area contributed by atoms with Gasteiger partial charge in [0.15, 0.2) is 5.65 Å². The first-order chi connectivity index (χ1) is 11.0. The van der Waals surface area contributed by atoms with E-state index in [1.165, 1.54) is 6.08 Å². The highest BCUT2D eigenvalue weighted by molar-refractivity contribution is 5.99. The Balaban J connectivity index is 1.73. The quantitative estimate of drug-likeness (QED) is 0.879. The fourth-order valence-electron chi connectivity index (χ4n) is 2.89. The molecule has 1 fully saturated rings. The number of nitrogens with zero attached hydrogens (tertiary/aromatic N) is 3. The molecule has 122 valence electrons.